The molecular weight excluding hydrogens is 403 g/mol. The van der Waals surface area contributed by atoms with E-state index in [0.717, 1.165) is 6.07 Å². The molecule has 0 aliphatic carbocycles. The molecule has 2 aromatic carbocycles. The molecule has 0 heterocycles. The molecule has 0 saturated heterocycles. The van der Waals surface area contributed by atoms with E-state index in [1.807, 2.05) is 0 Å². The summed E-state index contributed by atoms with van der Waals surface area (Å²) in [6, 6.07) is 10.4. The highest BCUT2D eigenvalue weighted by molar-refractivity contribution is 5.98. The number of rotatable bonds is 8. The van der Waals surface area contributed by atoms with Crippen LogP contribution < -0.4 is 20.1 Å². The quantitative estimate of drug-likeness (QED) is 0.646. The van der Waals surface area contributed by atoms with Gasteiger partial charge in [0.05, 0.1) is 12.1 Å². The van der Waals surface area contributed by atoms with Crippen LogP contribution in [-0.4, -0.2) is 31.3 Å². The summed E-state index contributed by atoms with van der Waals surface area (Å²) in [5.74, 6) is -2.38. The Labute approximate surface area is 161 Å². The van der Waals surface area contributed by atoms with Crippen LogP contribution >= 0.6 is 0 Å². The van der Waals surface area contributed by atoms with Crippen molar-refractivity contribution < 1.29 is 41.0 Å². The molecule has 0 spiro atoms. The van der Waals surface area contributed by atoms with Gasteiger partial charge < -0.3 is 20.1 Å². The molecule has 0 saturated carbocycles. The molecule has 11 heteroatoms. The molecule has 0 aromatic heterocycles. The van der Waals surface area contributed by atoms with Crippen LogP contribution in [0.5, 0.6) is 11.5 Å². The Morgan fingerprint density at radius 3 is 2.21 bits per heavy atom. The molecule has 2 N–H and O–H groups in total. The number of alkyl halides is 5. The van der Waals surface area contributed by atoms with Crippen LogP contribution in [0.25, 0.3) is 0 Å². The first kappa shape index (κ1) is 21.9. The van der Waals surface area contributed by atoms with Gasteiger partial charge in [-0.2, -0.15) is 8.78 Å². The summed E-state index contributed by atoms with van der Waals surface area (Å²) in [5, 5.41) is 4.54. The molecule has 2 aromatic rings. The average molecular weight is 418 g/mol. The van der Waals surface area contributed by atoms with Gasteiger partial charge in [0.15, 0.2) is 0 Å². The van der Waals surface area contributed by atoms with Gasteiger partial charge in [-0.05, 0) is 18.2 Å². The molecule has 2 amide bonds. The van der Waals surface area contributed by atoms with E-state index >= 15 is 0 Å². The number of halogens is 5. The second-order valence-electron chi connectivity index (χ2n) is 5.49. The van der Waals surface area contributed by atoms with E-state index < -0.39 is 37.1 Å². The predicted molar refractivity (Wildman–Crippen MR) is 90.4 cm³/mol. The molecule has 0 aliphatic rings. The third kappa shape index (κ3) is 7.28. The normalized spacial score (nSPS) is 11.1. The van der Waals surface area contributed by atoms with Crippen molar-refractivity contribution in [1.82, 2.24) is 10.6 Å². The summed E-state index contributed by atoms with van der Waals surface area (Å²) >= 11 is 0. The molecule has 0 bridgehead atoms. The van der Waals surface area contributed by atoms with Crippen molar-refractivity contribution in [2.75, 3.05) is 6.54 Å². The average Bonchev–Trinajstić information content (AvgIpc) is 2.64. The Morgan fingerprint density at radius 2 is 1.55 bits per heavy atom. The summed E-state index contributed by atoms with van der Waals surface area (Å²) in [5.41, 5.74) is -0.135. The molecular formula is C18H15F5N2O4. The number of carbonyl (C=O) groups excluding carboxylic acids is 2. The Kier molecular flexibility index (Phi) is 7.34. The van der Waals surface area contributed by atoms with Crippen LogP contribution in [0.15, 0.2) is 48.5 Å². The van der Waals surface area contributed by atoms with Crippen LogP contribution in [0.3, 0.4) is 0 Å². The number of benzene rings is 2. The van der Waals surface area contributed by atoms with Gasteiger partial charge in [0, 0.05) is 12.1 Å². The second kappa shape index (κ2) is 9.71. The van der Waals surface area contributed by atoms with E-state index in [1.54, 1.807) is 0 Å². The largest absolute Gasteiger partial charge is 0.573 e. The maximum atomic E-state index is 12.4. The number of ether oxygens (including phenoxy) is 2. The van der Waals surface area contributed by atoms with Crippen molar-refractivity contribution in [3.8, 4) is 11.5 Å². The summed E-state index contributed by atoms with van der Waals surface area (Å²) in [4.78, 5) is 23.9. The maximum absolute atomic E-state index is 12.4. The third-order valence-electron chi connectivity index (χ3n) is 3.43. The number of para-hydroxylation sites is 2. The van der Waals surface area contributed by atoms with Gasteiger partial charge in [-0.25, -0.2) is 0 Å². The van der Waals surface area contributed by atoms with Crippen molar-refractivity contribution in [2.45, 2.75) is 19.5 Å². The van der Waals surface area contributed by atoms with Crippen LogP contribution in [-0.2, 0) is 11.3 Å². The number of hydrogen-bond donors (Lipinski definition) is 2. The van der Waals surface area contributed by atoms with Gasteiger partial charge in [0.25, 0.3) is 5.91 Å². The van der Waals surface area contributed by atoms with Crippen molar-refractivity contribution >= 4 is 11.8 Å². The lowest BCUT2D eigenvalue weighted by atomic mass is 10.2. The van der Waals surface area contributed by atoms with Crippen LogP contribution in [0.1, 0.15) is 15.9 Å². The minimum absolute atomic E-state index is 0.0696. The third-order valence-corrected chi connectivity index (χ3v) is 3.43. The topological polar surface area (TPSA) is 76.7 Å². The first-order valence-electron chi connectivity index (χ1n) is 8.08. The van der Waals surface area contributed by atoms with E-state index in [9.17, 15) is 31.5 Å². The zero-order valence-electron chi connectivity index (χ0n) is 14.6. The minimum atomic E-state index is -4.89. The summed E-state index contributed by atoms with van der Waals surface area (Å²) in [7, 11) is 0. The summed E-state index contributed by atoms with van der Waals surface area (Å²) in [6.07, 6.45) is -4.89. The molecule has 2 rings (SSSR count). The fourth-order valence-electron chi connectivity index (χ4n) is 2.24. The summed E-state index contributed by atoms with van der Waals surface area (Å²) in [6.45, 7) is -3.96. The van der Waals surface area contributed by atoms with Gasteiger partial charge in [0.1, 0.15) is 11.5 Å². The van der Waals surface area contributed by atoms with E-state index in [2.05, 4.69) is 20.1 Å². The monoisotopic (exact) mass is 418 g/mol. The van der Waals surface area contributed by atoms with Crippen molar-refractivity contribution in [2.24, 2.45) is 0 Å². The molecule has 0 aliphatic heterocycles. The zero-order valence-corrected chi connectivity index (χ0v) is 14.6. The highest BCUT2D eigenvalue weighted by atomic mass is 19.4. The Bertz CT molecular complexity index is 858. The van der Waals surface area contributed by atoms with Crippen LogP contribution in [0, 0.1) is 0 Å². The SMILES string of the molecule is O=C(CNC(=O)c1ccccc1OC(F)F)NCc1ccccc1OC(F)(F)F. The molecule has 0 unspecified atom stereocenters. The van der Waals surface area contributed by atoms with Crippen LogP contribution in [0.2, 0.25) is 0 Å². The molecule has 29 heavy (non-hydrogen) atoms. The molecule has 0 radical (unpaired) electrons. The zero-order chi connectivity index (χ0) is 21.4. The number of hydrogen-bond acceptors (Lipinski definition) is 4. The van der Waals surface area contributed by atoms with Gasteiger partial charge in [-0.3, -0.25) is 9.59 Å². The Balaban J connectivity index is 1.91. The summed E-state index contributed by atoms with van der Waals surface area (Å²) < 4.78 is 70.0. The first-order valence-corrected chi connectivity index (χ1v) is 8.08. The molecule has 0 fully saturated rings. The van der Waals surface area contributed by atoms with Gasteiger partial charge in [-0.15, -0.1) is 13.2 Å². The first-order chi connectivity index (χ1) is 13.7. The fraction of sp³-hybridized carbons (Fsp3) is 0.222. The number of nitrogens with one attached hydrogen (secondary N) is 2. The van der Waals surface area contributed by atoms with Gasteiger partial charge in [-0.1, -0.05) is 30.3 Å². The van der Waals surface area contributed by atoms with E-state index in [0.29, 0.717) is 0 Å². The lowest BCUT2D eigenvalue weighted by Gasteiger charge is -2.14. The Morgan fingerprint density at radius 1 is 0.931 bits per heavy atom. The number of carbonyl (C=O) groups is 2. The Hall–Kier alpha value is -3.37. The molecule has 0 atom stereocenters. The fourth-order valence-corrected chi connectivity index (χ4v) is 2.24. The highest BCUT2D eigenvalue weighted by Crippen LogP contribution is 2.26. The standard InChI is InChI=1S/C18H15F5N2O4/c19-17(20)28-14-8-4-2-6-12(14)16(27)25-10-15(26)24-9-11-5-1-3-7-13(11)29-18(21,22)23/h1-8,17H,9-10H2,(H,24,26)(H,25,27). The van der Waals surface area contributed by atoms with E-state index in [4.69, 9.17) is 0 Å². The lowest BCUT2D eigenvalue weighted by molar-refractivity contribution is -0.274. The minimum Gasteiger partial charge on any atom is -0.434 e. The van der Waals surface area contributed by atoms with Crippen molar-refractivity contribution in [3.05, 3.63) is 59.7 Å². The van der Waals surface area contributed by atoms with E-state index in [-0.39, 0.29) is 23.4 Å². The van der Waals surface area contributed by atoms with Crippen molar-refractivity contribution in [3.63, 3.8) is 0 Å². The number of amides is 2. The van der Waals surface area contributed by atoms with E-state index in [1.165, 1.54) is 42.5 Å². The predicted octanol–water partition coefficient (Wildman–Crippen LogP) is 3.23. The second-order valence-corrected chi connectivity index (χ2v) is 5.49. The van der Waals surface area contributed by atoms with Crippen LogP contribution in [0.4, 0.5) is 22.0 Å². The highest BCUT2D eigenvalue weighted by Gasteiger charge is 2.32. The molecule has 156 valence electrons. The molecule has 6 nitrogen and oxygen atoms in total. The maximum Gasteiger partial charge on any atom is 0.573 e. The van der Waals surface area contributed by atoms with Gasteiger partial charge in [0.2, 0.25) is 5.91 Å². The van der Waals surface area contributed by atoms with Crippen molar-refractivity contribution in [1.29, 1.82) is 0 Å². The smallest absolute Gasteiger partial charge is 0.434 e. The van der Waals surface area contributed by atoms with Gasteiger partial charge >= 0.3 is 13.0 Å². The lowest BCUT2D eigenvalue weighted by Crippen LogP contribution is -2.37.